The van der Waals surface area contributed by atoms with E-state index in [4.69, 9.17) is 4.74 Å². The highest BCUT2D eigenvalue weighted by atomic mass is 32.1. The van der Waals surface area contributed by atoms with Gasteiger partial charge in [0.2, 0.25) is 35.4 Å². The van der Waals surface area contributed by atoms with Crippen molar-refractivity contribution in [2.24, 2.45) is 10.8 Å². The summed E-state index contributed by atoms with van der Waals surface area (Å²) in [5, 5.41) is 22.5. The van der Waals surface area contributed by atoms with Crippen LogP contribution in [0.15, 0.2) is 84.4 Å². The van der Waals surface area contributed by atoms with E-state index in [1.807, 2.05) is 89.2 Å². The van der Waals surface area contributed by atoms with Crippen LogP contribution < -0.4 is 21.3 Å². The largest absolute Gasteiger partial charge is 0.399 e. The first-order valence-electron chi connectivity index (χ1n) is 30.3. The molecule has 25 heteroatoms. The molecule has 8 rings (SSSR count). The number of carbonyl (C=O) groups excluding carboxylic acids is 7. The van der Waals surface area contributed by atoms with Crippen LogP contribution in [0.25, 0.3) is 20.5 Å². The van der Waals surface area contributed by atoms with Gasteiger partial charge in [0.1, 0.15) is 30.8 Å². The molecule has 7 amide bonds. The van der Waals surface area contributed by atoms with Crippen LogP contribution in [0, 0.1) is 17.8 Å². The minimum absolute atomic E-state index is 0.0504. The summed E-state index contributed by atoms with van der Waals surface area (Å²) in [6.07, 6.45) is 2.63. The highest BCUT2D eigenvalue weighted by Gasteiger charge is 2.51. The number of aromatic nitrogens is 1. The van der Waals surface area contributed by atoms with Crippen molar-refractivity contribution in [3.8, 4) is 10.4 Å². The van der Waals surface area contributed by atoms with Gasteiger partial charge in [-0.05, 0) is 90.6 Å². The van der Waals surface area contributed by atoms with Crippen LogP contribution in [0.2, 0.25) is 0 Å². The number of carbonyl (C=O) groups is 7. The topological polar surface area (TPSA) is 277 Å². The van der Waals surface area contributed by atoms with Crippen molar-refractivity contribution >= 4 is 81.7 Å². The van der Waals surface area contributed by atoms with E-state index in [1.165, 1.54) is 21.9 Å². The van der Waals surface area contributed by atoms with E-state index in [2.05, 4.69) is 26.3 Å². The first-order valence-corrected chi connectivity index (χ1v) is 33.6. The Hall–Kier alpha value is -6.53. The number of amides is 7. The Morgan fingerprint density at radius 1 is 0.787 bits per heavy atom. The zero-order valence-corrected chi connectivity index (χ0v) is 54.2. The zero-order valence-electron chi connectivity index (χ0n) is 51.6. The second-order valence-electron chi connectivity index (χ2n) is 25.8. The van der Waals surface area contributed by atoms with E-state index in [-0.39, 0.29) is 73.0 Å². The molecule has 5 heterocycles. The van der Waals surface area contributed by atoms with Gasteiger partial charge in [-0.15, -0.1) is 22.7 Å². The van der Waals surface area contributed by atoms with Crippen LogP contribution in [0.1, 0.15) is 150 Å². The van der Waals surface area contributed by atoms with Gasteiger partial charge >= 0.3 is 13.3 Å². The molecule has 0 radical (unpaired) electrons. The average molecular weight is 1290 g/mol. The third-order valence-electron chi connectivity index (χ3n) is 16.8. The van der Waals surface area contributed by atoms with Gasteiger partial charge in [-0.25, -0.2) is 4.98 Å². The molecule has 3 aromatic carbocycles. The Bertz CT molecular complexity index is 3400. The second-order valence-corrected chi connectivity index (χ2v) is 29.4. The Labute approximate surface area is 526 Å². The minimum atomic E-state index is -5.86. The summed E-state index contributed by atoms with van der Waals surface area (Å²) >= 11 is 2.50. The number of halogens is 2. The third kappa shape index (κ3) is 16.9. The number of β-amino-alcohol motifs (C(OH)–C–C–N with tert-alkyl or cyclic N) is 1. The number of likely N-dealkylation sites (tertiary alicyclic amines) is 3. The summed E-state index contributed by atoms with van der Waals surface area (Å²) in [6.45, 7) is 15.3. The number of thiazole rings is 1. The predicted octanol–water partition coefficient (Wildman–Crippen LogP) is 8.53. The molecule has 8 atom stereocenters. The first-order chi connectivity index (χ1) is 41.9. The molecule has 0 spiro atoms. The number of hydrogen-bond donors (Lipinski definition) is 7. The van der Waals surface area contributed by atoms with E-state index in [1.54, 1.807) is 42.5 Å². The maximum atomic E-state index is 14.9. The molecule has 89 heavy (non-hydrogen) atoms. The molecule has 0 aliphatic carbocycles. The molecule has 0 bridgehead atoms. The molecular weight excluding hydrogens is 1210 g/mol. The number of alkyl halides is 2. The number of fused-ring (bicyclic) bond motifs is 1. The number of nitrogens with one attached hydrogen (secondary N) is 4. The SMILES string of the molecule is Cc1ncsc1-c1ccc([C@H](C)NC(=O)[C@@H]2C[C@@H](O)CN2C(=O)[C@@H](NC(=O)CCCCCCNC(=O)CO[C@H]2C[C@@H](C(=O)N3CCC[C@H](c4ccccc4)C3)N(C(=O)[C@@H](NC(=O)c3cc4cc(C(F)(F)P(=O)(O)O)ccc4s3)C(C)(C)C)C2)C(C)(C)C)cc1. The Morgan fingerprint density at radius 2 is 1.45 bits per heavy atom. The maximum absolute atomic E-state index is 14.9. The molecule has 3 aliphatic heterocycles. The molecule has 3 aliphatic rings. The standard InChI is InChI=1S/C64H83F2N8O12PS2/c1-38(40-21-23-42(24-22-40)54-39(2)68-37-88-54)69-57(78)48-31-46(75)34-73(48)60(81)55(62(3,4)5)70-52(76)20-14-9-10-15-27-67-53(77)36-86-47-32-49(59(80)72-28-16-19-43(33-72)41-17-12-11-13-18-41)74(35-47)61(82)56(63(6,7)8)71-58(79)51-30-44-29-45(25-26-50(44)89-51)64(65,66)87(83,84)85/h11-13,17-18,21-26,29-30,37-38,43,46-49,55-56,75H,9-10,14-16,19-20,27-28,31-36H2,1-8H3,(H,67,77)(H,69,78)(H,70,76)(H,71,79)(H2,83,84,85)/t38-,43-,46+,47-,48-,49-,55+,56+/m0/s1. The molecule has 3 fully saturated rings. The fraction of sp³-hybridized carbons (Fsp3) is 0.531. The molecular formula is C64H83F2N8O12PS2. The number of benzene rings is 3. The van der Waals surface area contributed by atoms with E-state index >= 15 is 0 Å². The number of rotatable bonds is 23. The van der Waals surface area contributed by atoms with E-state index < -0.39 is 95.6 Å². The number of ether oxygens (including phenoxy) is 1. The minimum Gasteiger partial charge on any atom is -0.391 e. The van der Waals surface area contributed by atoms with Crippen LogP contribution in [0.3, 0.4) is 0 Å². The van der Waals surface area contributed by atoms with Crippen LogP contribution in [0.4, 0.5) is 8.78 Å². The van der Waals surface area contributed by atoms with E-state index in [9.17, 15) is 61.8 Å². The van der Waals surface area contributed by atoms with Gasteiger partial charge in [-0.1, -0.05) is 115 Å². The Kier molecular flexibility index (Phi) is 22.1. The van der Waals surface area contributed by atoms with Gasteiger partial charge < -0.3 is 55.6 Å². The Balaban J connectivity index is 0.818. The van der Waals surface area contributed by atoms with Gasteiger partial charge in [-0.2, -0.15) is 8.78 Å². The summed E-state index contributed by atoms with van der Waals surface area (Å²) < 4.78 is 47.4. The molecule has 20 nitrogen and oxygen atoms in total. The van der Waals surface area contributed by atoms with Gasteiger partial charge in [0.15, 0.2) is 0 Å². The molecule has 7 N–H and O–H groups in total. The van der Waals surface area contributed by atoms with Crippen molar-refractivity contribution in [1.82, 2.24) is 41.0 Å². The summed E-state index contributed by atoms with van der Waals surface area (Å²) in [5.74, 6) is -3.08. The summed E-state index contributed by atoms with van der Waals surface area (Å²) in [7, 11) is -5.86. The van der Waals surface area contributed by atoms with Crippen molar-refractivity contribution in [2.75, 3.05) is 39.3 Å². The van der Waals surface area contributed by atoms with Crippen LogP contribution in [-0.2, 0) is 43.7 Å². The van der Waals surface area contributed by atoms with Crippen LogP contribution in [0.5, 0.6) is 0 Å². The fourth-order valence-electron chi connectivity index (χ4n) is 11.8. The van der Waals surface area contributed by atoms with Crippen LogP contribution in [-0.4, -0.2) is 152 Å². The van der Waals surface area contributed by atoms with Crippen LogP contribution >= 0.6 is 30.3 Å². The quantitative estimate of drug-likeness (QED) is 0.0239. The summed E-state index contributed by atoms with van der Waals surface area (Å²) in [4.78, 5) is 127. The lowest BCUT2D eigenvalue weighted by molar-refractivity contribution is -0.147. The number of aliphatic hydroxyl groups excluding tert-OH is 1. The lowest BCUT2D eigenvalue weighted by atomic mass is 9.85. The van der Waals surface area contributed by atoms with Crippen molar-refractivity contribution in [3.05, 3.63) is 112 Å². The smallest absolute Gasteiger partial charge is 0.391 e. The van der Waals surface area contributed by atoms with E-state index in [0.29, 0.717) is 50.0 Å². The molecule has 0 unspecified atom stereocenters. The van der Waals surface area contributed by atoms with Gasteiger partial charge in [0, 0.05) is 68.2 Å². The first kappa shape index (κ1) is 68.4. The molecule has 3 saturated heterocycles. The summed E-state index contributed by atoms with van der Waals surface area (Å²) in [5.41, 5.74) is -1.32. The Morgan fingerprint density at radius 3 is 2.10 bits per heavy atom. The molecule has 5 aromatic rings. The fourth-order valence-corrected chi connectivity index (χ4v) is 14.0. The van der Waals surface area contributed by atoms with E-state index in [0.717, 1.165) is 63.6 Å². The second kappa shape index (κ2) is 28.7. The number of thiophene rings is 1. The van der Waals surface area contributed by atoms with Crippen molar-refractivity contribution < 1.29 is 66.5 Å². The highest BCUT2D eigenvalue weighted by Crippen LogP contribution is 2.59. The van der Waals surface area contributed by atoms with Gasteiger partial charge in [0.25, 0.3) is 5.91 Å². The maximum Gasteiger partial charge on any atom is 0.399 e. The molecule has 0 saturated carbocycles. The number of aryl methyl sites for hydroxylation is 1. The summed E-state index contributed by atoms with van der Waals surface area (Å²) in [6, 6.07) is 17.6. The average Bonchev–Trinajstić information content (AvgIpc) is 1.88. The van der Waals surface area contributed by atoms with Gasteiger partial charge in [-0.3, -0.25) is 38.1 Å². The number of aliphatic hydroxyl groups is 1. The number of piperidine rings is 1. The highest BCUT2D eigenvalue weighted by molar-refractivity contribution is 7.52. The zero-order chi connectivity index (χ0) is 64.8. The normalized spacial score (nSPS) is 20.2. The third-order valence-corrected chi connectivity index (χ3v) is 19.9. The number of hydrogen-bond acceptors (Lipinski definition) is 13. The number of unbranched alkanes of at least 4 members (excludes halogenated alkanes) is 3. The van der Waals surface area contributed by atoms with Crippen molar-refractivity contribution in [1.29, 1.82) is 0 Å². The predicted molar refractivity (Wildman–Crippen MR) is 336 cm³/mol. The van der Waals surface area contributed by atoms with Gasteiger partial charge in [0.05, 0.1) is 39.2 Å². The van der Waals surface area contributed by atoms with Crippen molar-refractivity contribution in [2.45, 2.75) is 167 Å². The lowest BCUT2D eigenvalue weighted by Gasteiger charge is -2.38. The molecule has 2 aromatic heterocycles. The number of nitrogens with zero attached hydrogens (tertiary/aromatic N) is 4. The molecule has 482 valence electrons. The monoisotopic (exact) mass is 1290 g/mol. The lowest BCUT2D eigenvalue weighted by Crippen LogP contribution is -2.58. The van der Waals surface area contributed by atoms with Crippen molar-refractivity contribution in [3.63, 3.8) is 0 Å².